The molecule has 0 bridgehead atoms. The highest BCUT2D eigenvalue weighted by molar-refractivity contribution is 5.99. The van der Waals surface area contributed by atoms with Gasteiger partial charge in [-0.05, 0) is 25.7 Å². The van der Waals surface area contributed by atoms with Crippen LogP contribution in [0, 0.1) is 5.92 Å². The first-order chi connectivity index (χ1) is 9.54. The average Bonchev–Trinajstić information content (AvgIpc) is 2.47. The topological polar surface area (TPSA) is 49.4 Å². The molecule has 0 aromatic carbocycles. The van der Waals surface area contributed by atoms with Crippen molar-refractivity contribution in [3.63, 3.8) is 0 Å². The van der Waals surface area contributed by atoms with Gasteiger partial charge in [-0.1, -0.05) is 46.0 Å². The molecule has 1 heterocycles. The maximum absolute atomic E-state index is 12.9. The van der Waals surface area contributed by atoms with Crippen LogP contribution in [-0.2, 0) is 9.59 Å². The molecule has 0 radical (unpaired) electrons. The van der Waals surface area contributed by atoms with Gasteiger partial charge in [-0.2, -0.15) is 0 Å². The Morgan fingerprint density at radius 3 is 2.35 bits per heavy atom. The van der Waals surface area contributed by atoms with Crippen LogP contribution in [0.1, 0.15) is 65.7 Å². The highest BCUT2D eigenvalue weighted by Gasteiger charge is 2.49. The standard InChI is InChI=1S/C16H28N2O2/c1-4-13(5-2)11-18-12(3)14(19)17-16(15(18)20)9-7-6-8-10-16/h12-13H,4-11H2,1-3H3,(H,17,19). The van der Waals surface area contributed by atoms with Crippen LogP contribution in [0.4, 0.5) is 0 Å². The lowest BCUT2D eigenvalue weighted by Gasteiger charge is -2.47. The molecular weight excluding hydrogens is 252 g/mol. The second kappa shape index (κ2) is 6.15. The van der Waals surface area contributed by atoms with E-state index in [0.29, 0.717) is 5.92 Å². The van der Waals surface area contributed by atoms with Crippen molar-refractivity contribution in [2.45, 2.75) is 77.3 Å². The van der Waals surface area contributed by atoms with Gasteiger partial charge in [0.05, 0.1) is 0 Å². The molecule has 1 saturated heterocycles. The van der Waals surface area contributed by atoms with E-state index in [9.17, 15) is 9.59 Å². The fourth-order valence-corrected chi connectivity index (χ4v) is 3.55. The van der Waals surface area contributed by atoms with Gasteiger partial charge in [0.1, 0.15) is 11.6 Å². The van der Waals surface area contributed by atoms with Crippen molar-refractivity contribution < 1.29 is 9.59 Å². The van der Waals surface area contributed by atoms with E-state index in [-0.39, 0.29) is 17.9 Å². The first-order valence-electron chi connectivity index (χ1n) is 8.17. The van der Waals surface area contributed by atoms with Crippen LogP contribution in [0.5, 0.6) is 0 Å². The molecule has 0 aromatic rings. The van der Waals surface area contributed by atoms with Gasteiger partial charge in [0.15, 0.2) is 0 Å². The molecule has 4 nitrogen and oxygen atoms in total. The second-order valence-corrected chi connectivity index (χ2v) is 6.45. The van der Waals surface area contributed by atoms with Crippen LogP contribution in [-0.4, -0.2) is 34.8 Å². The van der Waals surface area contributed by atoms with Crippen molar-refractivity contribution in [2.75, 3.05) is 6.54 Å². The van der Waals surface area contributed by atoms with Crippen molar-refractivity contribution in [2.24, 2.45) is 5.92 Å². The molecule has 1 aliphatic heterocycles. The summed E-state index contributed by atoms with van der Waals surface area (Å²) in [5.74, 6) is 0.682. The summed E-state index contributed by atoms with van der Waals surface area (Å²) in [7, 11) is 0. The van der Waals surface area contributed by atoms with Crippen LogP contribution in [0.25, 0.3) is 0 Å². The predicted molar refractivity (Wildman–Crippen MR) is 79.2 cm³/mol. The molecule has 2 rings (SSSR count). The van der Waals surface area contributed by atoms with Crippen LogP contribution >= 0.6 is 0 Å². The fraction of sp³-hybridized carbons (Fsp3) is 0.875. The minimum atomic E-state index is -0.589. The largest absolute Gasteiger partial charge is 0.340 e. The second-order valence-electron chi connectivity index (χ2n) is 6.45. The molecule has 1 spiro atoms. The van der Waals surface area contributed by atoms with Gasteiger partial charge in [-0.15, -0.1) is 0 Å². The van der Waals surface area contributed by atoms with Gasteiger partial charge in [-0.3, -0.25) is 9.59 Å². The predicted octanol–water partition coefficient (Wildman–Crippen LogP) is 2.47. The third kappa shape index (κ3) is 2.70. The maximum Gasteiger partial charge on any atom is 0.249 e. The Bertz CT molecular complexity index is 371. The van der Waals surface area contributed by atoms with Crippen LogP contribution in [0.2, 0.25) is 0 Å². The lowest BCUT2D eigenvalue weighted by atomic mass is 9.78. The summed E-state index contributed by atoms with van der Waals surface area (Å²) in [6, 6.07) is -0.323. The van der Waals surface area contributed by atoms with Crippen molar-refractivity contribution in [1.82, 2.24) is 10.2 Å². The van der Waals surface area contributed by atoms with E-state index in [1.807, 2.05) is 11.8 Å². The molecule has 1 unspecified atom stereocenters. The Morgan fingerprint density at radius 1 is 1.20 bits per heavy atom. The summed E-state index contributed by atoms with van der Waals surface area (Å²) in [5, 5.41) is 3.04. The van der Waals surface area contributed by atoms with Crippen LogP contribution in [0.15, 0.2) is 0 Å². The first kappa shape index (κ1) is 15.3. The zero-order valence-electron chi connectivity index (χ0n) is 13.1. The smallest absolute Gasteiger partial charge is 0.249 e. The van der Waals surface area contributed by atoms with Crippen molar-refractivity contribution in [1.29, 1.82) is 0 Å². The summed E-state index contributed by atoms with van der Waals surface area (Å²) < 4.78 is 0. The molecule has 0 aromatic heterocycles. The third-order valence-electron chi connectivity index (χ3n) is 5.20. The Labute approximate surface area is 122 Å². The molecule has 1 atom stereocenters. The summed E-state index contributed by atoms with van der Waals surface area (Å²) in [4.78, 5) is 27.1. The van der Waals surface area contributed by atoms with E-state index in [2.05, 4.69) is 19.2 Å². The van der Waals surface area contributed by atoms with Gasteiger partial charge >= 0.3 is 0 Å². The normalized spacial score (nSPS) is 26.2. The summed E-state index contributed by atoms with van der Waals surface area (Å²) in [6.45, 7) is 6.89. The highest BCUT2D eigenvalue weighted by atomic mass is 16.2. The number of carbonyl (C=O) groups excluding carboxylic acids is 2. The third-order valence-corrected chi connectivity index (χ3v) is 5.20. The zero-order valence-corrected chi connectivity index (χ0v) is 13.1. The quantitative estimate of drug-likeness (QED) is 0.860. The van der Waals surface area contributed by atoms with Crippen molar-refractivity contribution >= 4 is 11.8 Å². The molecule has 20 heavy (non-hydrogen) atoms. The molecule has 2 aliphatic rings. The molecule has 1 saturated carbocycles. The number of nitrogens with one attached hydrogen (secondary N) is 1. The van der Waals surface area contributed by atoms with Crippen molar-refractivity contribution in [3.05, 3.63) is 0 Å². The summed E-state index contributed by atoms with van der Waals surface area (Å²) in [5.41, 5.74) is -0.589. The number of carbonyl (C=O) groups is 2. The number of nitrogens with zero attached hydrogens (tertiary/aromatic N) is 1. The zero-order chi connectivity index (χ0) is 14.8. The number of rotatable bonds is 4. The number of hydrogen-bond acceptors (Lipinski definition) is 2. The fourth-order valence-electron chi connectivity index (χ4n) is 3.55. The molecule has 4 heteroatoms. The Morgan fingerprint density at radius 2 is 1.80 bits per heavy atom. The van der Waals surface area contributed by atoms with Gasteiger partial charge in [-0.25, -0.2) is 0 Å². The Kier molecular flexibility index (Phi) is 4.71. The molecular formula is C16H28N2O2. The summed E-state index contributed by atoms with van der Waals surface area (Å²) in [6.07, 6.45) is 6.99. The van der Waals surface area contributed by atoms with E-state index in [1.165, 1.54) is 6.42 Å². The van der Waals surface area contributed by atoms with Crippen LogP contribution < -0.4 is 5.32 Å². The minimum Gasteiger partial charge on any atom is -0.340 e. The van der Waals surface area contributed by atoms with Gasteiger partial charge in [0.2, 0.25) is 11.8 Å². The van der Waals surface area contributed by atoms with Crippen LogP contribution in [0.3, 0.4) is 0 Å². The summed E-state index contributed by atoms with van der Waals surface area (Å²) >= 11 is 0. The van der Waals surface area contributed by atoms with Gasteiger partial charge in [0.25, 0.3) is 0 Å². The first-order valence-corrected chi connectivity index (χ1v) is 8.17. The van der Waals surface area contributed by atoms with E-state index >= 15 is 0 Å². The lowest BCUT2D eigenvalue weighted by Crippen LogP contribution is -2.70. The highest BCUT2D eigenvalue weighted by Crippen LogP contribution is 2.33. The number of amides is 2. The van der Waals surface area contributed by atoms with E-state index in [0.717, 1.165) is 45.1 Å². The molecule has 1 N–H and O–H groups in total. The molecule has 2 amide bonds. The molecule has 114 valence electrons. The van der Waals surface area contributed by atoms with E-state index in [1.54, 1.807) is 0 Å². The lowest BCUT2D eigenvalue weighted by molar-refractivity contribution is -0.156. The number of piperazine rings is 1. The molecule has 1 aliphatic carbocycles. The minimum absolute atomic E-state index is 0.0254. The maximum atomic E-state index is 12.9. The van der Waals surface area contributed by atoms with Crippen molar-refractivity contribution in [3.8, 4) is 0 Å². The van der Waals surface area contributed by atoms with E-state index in [4.69, 9.17) is 0 Å². The van der Waals surface area contributed by atoms with Gasteiger partial charge < -0.3 is 10.2 Å². The molecule has 2 fully saturated rings. The van der Waals surface area contributed by atoms with E-state index < -0.39 is 5.54 Å². The Hall–Kier alpha value is -1.06. The SMILES string of the molecule is CCC(CC)CN1C(=O)C2(CCCCC2)NC(=O)C1C. The average molecular weight is 280 g/mol. The monoisotopic (exact) mass is 280 g/mol. The Balaban J connectivity index is 2.19. The number of hydrogen-bond donors (Lipinski definition) is 1. The van der Waals surface area contributed by atoms with Gasteiger partial charge in [0, 0.05) is 6.54 Å².